The molecular weight excluding hydrogens is 210 g/mol. The van der Waals surface area contributed by atoms with E-state index < -0.39 is 0 Å². The first kappa shape index (κ1) is 10.3. The molecule has 0 spiro atoms. The van der Waals surface area contributed by atoms with Crippen LogP contribution in [0.15, 0.2) is 30.3 Å². The lowest BCUT2D eigenvalue weighted by atomic mass is 10.1. The van der Waals surface area contributed by atoms with Crippen molar-refractivity contribution < 1.29 is 4.74 Å². The van der Waals surface area contributed by atoms with Crippen molar-refractivity contribution in [1.82, 2.24) is 0 Å². The van der Waals surface area contributed by atoms with Gasteiger partial charge >= 0.3 is 0 Å². The molecule has 0 atom stereocenters. The number of halogens is 1. The van der Waals surface area contributed by atoms with E-state index >= 15 is 0 Å². The van der Waals surface area contributed by atoms with Crippen LogP contribution in [0.3, 0.4) is 0 Å². The van der Waals surface area contributed by atoms with Crippen molar-refractivity contribution in [2.24, 2.45) is 5.73 Å². The van der Waals surface area contributed by atoms with Gasteiger partial charge in [-0.2, -0.15) is 0 Å². The van der Waals surface area contributed by atoms with Gasteiger partial charge < -0.3 is 10.5 Å². The van der Waals surface area contributed by atoms with Crippen LogP contribution in [-0.2, 0) is 6.54 Å². The Balaban J connectivity index is 2.68. The lowest BCUT2D eigenvalue weighted by molar-refractivity contribution is 0.415. The van der Waals surface area contributed by atoms with E-state index in [1.807, 2.05) is 30.3 Å². The minimum Gasteiger partial charge on any atom is -0.497 e. The van der Waals surface area contributed by atoms with Crippen molar-refractivity contribution in [2.75, 3.05) is 7.11 Å². The molecule has 78 valence electrons. The molecule has 3 heteroatoms. The van der Waals surface area contributed by atoms with Gasteiger partial charge in [-0.05, 0) is 29.1 Å². The zero-order chi connectivity index (χ0) is 10.8. The maximum Gasteiger partial charge on any atom is 0.120 e. The van der Waals surface area contributed by atoms with Gasteiger partial charge in [-0.15, -0.1) is 0 Å². The number of benzene rings is 2. The monoisotopic (exact) mass is 221 g/mol. The molecule has 0 aliphatic rings. The Morgan fingerprint density at radius 1 is 1.27 bits per heavy atom. The van der Waals surface area contributed by atoms with Crippen molar-refractivity contribution in [2.45, 2.75) is 6.54 Å². The van der Waals surface area contributed by atoms with Crippen LogP contribution in [0.4, 0.5) is 0 Å². The molecule has 0 aliphatic heterocycles. The quantitative estimate of drug-likeness (QED) is 0.846. The maximum absolute atomic E-state index is 6.15. The summed E-state index contributed by atoms with van der Waals surface area (Å²) in [5.74, 6) is 0.771. The molecule has 0 amide bonds. The first-order valence-electron chi connectivity index (χ1n) is 4.71. The first-order chi connectivity index (χ1) is 7.24. The van der Waals surface area contributed by atoms with E-state index in [0.29, 0.717) is 11.6 Å². The minimum atomic E-state index is 0.526. The summed E-state index contributed by atoms with van der Waals surface area (Å²) in [6.45, 7) is 0.526. The standard InChI is InChI=1S/C12H12ClNO/c1-15-10-5-9-3-2-8(7-14)4-11(9)12(13)6-10/h2-6H,7,14H2,1H3. The van der Waals surface area contributed by atoms with Crippen LogP contribution in [0.2, 0.25) is 5.02 Å². The zero-order valence-corrected chi connectivity index (χ0v) is 9.21. The van der Waals surface area contributed by atoms with E-state index in [9.17, 15) is 0 Å². The molecule has 0 bridgehead atoms. The molecule has 15 heavy (non-hydrogen) atoms. The number of fused-ring (bicyclic) bond motifs is 1. The Bertz CT molecular complexity index is 496. The molecule has 0 unspecified atom stereocenters. The molecule has 0 fully saturated rings. The van der Waals surface area contributed by atoms with E-state index in [2.05, 4.69) is 0 Å². The molecule has 2 aromatic carbocycles. The van der Waals surface area contributed by atoms with Crippen molar-refractivity contribution in [1.29, 1.82) is 0 Å². The Kier molecular flexibility index (Phi) is 2.80. The van der Waals surface area contributed by atoms with E-state index in [4.69, 9.17) is 22.1 Å². The molecule has 2 rings (SSSR count). The van der Waals surface area contributed by atoms with E-state index in [0.717, 1.165) is 22.1 Å². The Morgan fingerprint density at radius 3 is 2.73 bits per heavy atom. The number of ether oxygens (including phenoxy) is 1. The fraction of sp³-hybridized carbons (Fsp3) is 0.167. The molecule has 0 saturated heterocycles. The molecule has 0 aromatic heterocycles. The number of rotatable bonds is 2. The zero-order valence-electron chi connectivity index (χ0n) is 8.46. The Hall–Kier alpha value is -1.25. The second-order valence-electron chi connectivity index (χ2n) is 3.37. The highest BCUT2D eigenvalue weighted by Gasteiger charge is 2.03. The predicted molar refractivity (Wildman–Crippen MR) is 63.4 cm³/mol. The van der Waals surface area contributed by atoms with Gasteiger partial charge in [0.15, 0.2) is 0 Å². The van der Waals surface area contributed by atoms with Gasteiger partial charge in [-0.1, -0.05) is 23.7 Å². The second kappa shape index (κ2) is 4.09. The smallest absolute Gasteiger partial charge is 0.120 e. The number of nitrogens with two attached hydrogens (primary N) is 1. The Labute approximate surface area is 93.6 Å². The van der Waals surface area contributed by atoms with Gasteiger partial charge in [0.25, 0.3) is 0 Å². The van der Waals surface area contributed by atoms with E-state index in [1.54, 1.807) is 7.11 Å². The first-order valence-corrected chi connectivity index (χ1v) is 5.08. The van der Waals surface area contributed by atoms with Crippen molar-refractivity contribution in [3.8, 4) is 5.75 Å². The summed E-state index contributed by atoms with van der Waals surface area (Å²) in [5.41, 5.74) is 6.66. The molecule has 2 aromatic rings. The van der Waals surface area contributed by atoms with E-state index in [-0.39, 0.29) is 0 Å². The number of methoxy groups -OCH3 is 1. The van der Waals surface area contributed by atoms with Crippen molar-refractivity contribution in [3.05, 3.63) is 40.9 Å². The van der Waals surface area contributed by atoms with Crippen molar-refractivity contribution >= 4 is 22.4 Å². The third kappa shape index (κ3) is 1.91. The summed E-state index contributed by atoms with van der Waals surface area (Å²) >= 11 is 6.15. The van der Waals surface area contributed by atoms with Gasteiger partial charge in [-0.3, -0.25) is 0 Å². The predicted octanol–water partition coefficient (Wildman–Crippen LogP) is 2.96. The summed E-state index contributed by atoms with van der Waals surface area (Å²) in [4.78, 5) is 0. The molecular formula is C12H12ClNO. The van der Waals surface area contributed by atoms with E-state index in [1.165, 1.54) is 0 Å². The summed E-state index contributed by atoms with van der Waals surface area (Å²) in [5, 5.41) is 2.77. The van der Waals surface area contributed by atoms with Gasteiger partial charge in [0.05, 0.1) is 12.1 Å². The lowest BCUT2D eigenvalue weighted by Crippen LogP contribution is -1.95. The SMILES string of the molecule is COc1cc(Cl)c2cc(CN)ccc2c1. The fourth-order valence-corrected chi connectivity index (χ4v) is 1.85. The van der Waals surface area contributed by atoms with Gasteiger partial charge in [0.1, 0.15) is 5.75 Å². The molecule has 0 radical (unpaired) electrons. The molecule has 2 nitrogen and oxygen atoms in total. The highest BCUT2D eigenvalue weighted by atomic mass is 35.5. The second-order valence-corrected chi connectivity index (χ2v) is 3.78. The maximum atomic E-state index is 6.15. The fourth-order valence-electron chi connectivity index (χ4n) is 1.58. The van der Waals surface area contributed by atoms with Crippen LogP contribution in [0.5, 0.6) is 5.75 Å². The van der Waals surface area contributed by atoms with Crippen LogP contribution in [-0.4, -0.2) is 7.11 Å². The van der Waals surface area contributed by atoms with Gasteiger partial charge in [0, 0.05) is 11.9 Å². The Morgan fingerprint density at radius 2 is 2.07 bits per heavy atom. The van der Waals surface area contributed by atoms with Gasteiger partial charge in [-0.25, -0.2) is 0 Å². The topological polar surface area (TPSA) is 35.2 Å². The normalized spacial score (nSPS) is 10.6. The highest BCUT2D eigenvalue weighted by Crippen LogP contribution is 2.29. The summed E-state index contributed by atoms with van der Waals surface area (Å²) < 4.78 is 5.15. The van der Waals surface area contributed by atoms with Gasteiger partial charge in [0.2, 0.25) is 0 Å². The van der Waals surface area contributed by atoms with Crippen molar-refractivity contribution in [3.63, 3.8) is 0 Å². The molecule has 0 saturated carbocycles. The molecule has 0 heterocycles. The summed E-state index contributed by atoms with van der Waals surface area (Å²) in [6, 6.07) is 9.78. The third-order valence-electron chi connectivity index (χ3n) is 2.41. The molecule has 0 aliphatic carbocycles. The molecule has 2 N–H and O–H groups in total. The summed E-state index contributed by atoms with van der Waals surface area (Å²) in [6.07, 6.45) is 0. The summed E-state index contributed by atoms with van der Waals surface area (Å²) in [7, 11) is 1.63. The van der Waals surface area contributed by atoms with Crippen LogP contribution < -0.4 is 10.5 Å². The average molecular weight is 222 g/mol. The lowest BCUT2D eigenvalue weighted by Gasteiger charge is -2.06. The average Bonchev–Trinajstić information content (AvgIpc) is 2.28. The van der Waals surface area contributed by atoms with Crippen LogP contribution in [0, 0.1) is 0 Å². The number of hydrogen-bond acceptors (Lipinski definition) is 2. The minimum absolute atomic E-state index is 0.526. The van der Waals surface area contributed by atoms with Crippen LogP contribution in [0.1, 0.15) is 5.56 Å². The van der Waals surface area contributed by atoms with Crippen LogP contribution >= 0.6 is 11.6 Å². The largest absolute Gasteiger partial charge is 0.497 e. The number of hydrogen-bond donors (Lipinski definition) is 1. The third-order valence-corrected chi connectivity index (χ3v) is 2.73. The highest BCUT2D eigenvalue weighted by molar-refractivity contribution is 6.35. The van der Waals surface area contributed by atoms with Crippen LogP contribution in [0.25, 0.3) is 10.8 Å².